The molecule has 3 aliphatic rings. The Morgan fingerprint density at radius 3 is 2.91 bits per heavy atom. The molecule has 2 aliphatic carbocycles. The lowest BCUT2D eigenvalue weighted by molar-refractivity contribution is -0.144. The molecule has 182 valence electrons. The highest BCUT2D eigenvalue weighted by molar-refractivity contribution is 5.87. The van der Waals surface area contributed by atoms with Crippen LogP contribution < -0.4 is 15.7 Å². The van der Waals surface area contributed by atoms with Gasteiger partial charge in [0.25, 0.3) is 5.91 Å². The molecule has 1 aromatic heterocycles. The molecule has 8 heteroatoms. The van der Waals surface area contributed by atoms with Crippen molar-refractivity contribution in [3.8, 4) is 5.75 Å². The fourth-order valence-corrected chi connectivity index (χ4v) is 5.81. The highest BCUT2D eigenvalue weighted by Crippen LogP contribution is 2.39. The van der Waals surface area contributed by atoms with Gasteiger partial charge in [0, 0.05) is 36.0 Å². The molecular formula is C26H32N2O6. The molecule has 1 aromatic carbocycles. The van der Waals surface area contributed by atoms with Crippen LogP contribution in [0, 0.1) is 5.92 Å². The Morgan fingerprint density at radius 1 is 1.24 bits per heavy atom. The lowest BCUT2D eigenvalue weighted by Gasteiger charge is -2.47. The van der Waals surface area contributed by atoms with Gasteiger partial charge in [0.05, 0.1) is 12.1 Å². The highest BCUT2D eigenvalue weighted by atomic mass is 16.5. The van der Waals surface area contributed by atoms with Gasteiger partial charge in [0.15, 0.2) is 6.10 Å². The minimum Gasteiger partial charge on any atom is -0.481 e. The van der Waals surface area contributed by atoms with Gasteiger partial charge in [-0.05, 0) is 63.1 Å². The molecule has 1 saturated heterocycles. The number of nitrogens with zero attached hydrogens (tertiary/aromatic N) is 1. The third-order valence-corrected chi connectivity index (χ3v) is 7.82. The van der Waals surface area contributed by atoms with Crippen LogP contribution >= 0.6 is 0 Å². The summed E-state index contributed by atoms with van der Waals surface area (Å²) >= 11 is 0. The van der Waals surface area contributed by atoms with Crippen LogP contribution in [0.25, 0.3) is 11.0 Å². The van der Waals surface area contributed by atoms with E-state index in [1.807, 2.05) is 6.07 Å². The Morgan fingerprint density at radius 2 is 2.06 bits per heavy atom. The minimum atomic E-state index is -0.823. The number of hydrogen-bond donors (Lipinski definition) is 2. The van der Waals surface area contributed by atoms with E-state index in [9.17, 15) is 19.5 Å². The monoisotopic (exact) mass is 468 g/mol. The normalized spacial score (nSPS) is 24.9. The van der Waals surface area contributed by atoms with Gasteiger partial charge in [0.1, 0.15) is 11.3 Å². The number of carbonyl (C=O) groups excluding carboxylic acids is 2. The van der Waals surface area contributed by atoms with Gasteiger partial charge in [-0.3, -0.25) is 9.59 Å². The van der Waals surface area contributed by atoms with Crippen molar-refractivity contribution in [3.05, 3.63) is 39.7 Å². The second-order valence-electron chi connectivity index (χ2n) is 9.97. The van der Waals surface area contributed by atoms with Gasteiger partial charge in [-0.25, -0.2) is 4.79 Å². The summed E-state index contributed by atoms with van der Waals surface area (Å²) in [6.45, 7) is 2.57. The van der Waals surface area contributed by atoms with E-state index in [1.165, 1.54) is 0 Å². The maximum absolute atomic E-state index is 12.7. The number of likely N-dealkylation sites (tertiary alicyclic amines) is 1. The number of hydrogen-bond acceptors (Lipinski definition) is 6. The second-order valence-corrected chi connectivity index (χ2v) is 9.97. The predicted octanol–water partition coefficient (Wildman–Crippen LogP) is 2.32. The zero-order valence-electron chi connectivity index (χ0n) is 19.6. The topological polar surface area (TPSA) is 109 Å². The van der Waals surface area contributed by atoms with Gasteiger partial charge in [0.2, 0.25) is 5.91 Å². The molecule has 3 unspecified atom stereocenters. The minimum absolute atomic E-state index is 0.101. The van der Waals surface area contributed by atoms with Crippen LogP contribution in [0.5, 0.6) is 5.75 Å². The molecule has 5 rings (SSSR count). The molecule has 2 aromatic rings. The zero-order chi connectivity index (χ0) is 23.9. The number of aliphatic hydroxyl groups is 1. The predicted molar refractivity (Wildman–Crippen MR) is 126 cm³/mol. The Balaban J connectivity index is 1.16. The third kappa shape index (κ3) is 4.31. The Kier molecular flexibility index (Phi) is 6.10. The van der Waals surface area contributed by atoms with Gasteiger partial charge in [-0.1, -0.05) is 12.8 Å². The first kappa shape index (κ1) is 22.9. The van der Waals surface area contributed by atoms with Crippen LogP contribution in [0.3, 0.4) is 0 Å². The molecule has 34 heavy (non-hydrogen) atoms. The molecule has 8 nitrogen and oxygen atoms in total. The lowest BCUT2D eigenvalue weighted by Crippen LogP contribution is -2.56. The largest absolute Gasteiger partial charge is 0.481 e. The van der Waals surface area contributed by atoms with Crippen molar-refractivity contribution < 1.29 is 23.8 Å². The van der Waals surface area contributed by atoms with Crippen LogP contribution in [-0.4, -0.2) is 53.2 Å². The van der Waals surface area contributed by atoms with Crippen LogP contribution in [-0.2, 0) is 22.4 Å². The number of aryl methyl sites for hydroxylation is 1. The zero-order valence-corrected chi connectivity index (χ0v) is 19.6. The van der Waals surface area contributed by atoms with E-state index in [4.69, 9.17) is 9.15 Å². The summed E-state index contributed by atoms with van der Waals surface area (Å²) in [5.74, 6) is 0.00539. The number of rotatable bonds is 5. The summed E-state index contributed by atoms with van der Waals surface area (Å²) in [6.07, 6.45) is 6.21. The molecule has 2 amide bonds. The number of carbonyl (C=O) groups is 2. The number of fused-ring (bicyclic) bond motifs is 4. The third-order valence-electron chi connectivity index (χ3n) is 7.82. The fraction of sp³-hybridized carbons (Fsp3) is 0.577. The van der Waals surface area contributed by atoms with E-state index in [0.717, 1.165) is 61.5 Å². The molecule has 2 N–H and O–H groups in total. The number of amides is 2. The van der Waals surface area contributed by atoms with Crippen molar-refractivity contribution in [2.75, 3.05) is 19.6 Å². The molecule has 0 spiro atoms. The van der Waals surface area contributed by atoms with E-state index in [1.54, 1.807) is 24.0 Å². The Bertz CT molecular complexity index is 1170. The SMILES string of the molecule is CC(Oc1ccc2c3c(c(=O)oc2c1)CCC3)C(=O)NCC(=O)N1CCC2(O)CCCCC2C1. The molecule has 2 heterocycles. The number of piperidine rings is 1. The van der Waals surface area contributed by atoms with Gasteiger partial charge < -0.3 is 24.5 Å². The van der Waals surface area contributed by atoms with Crippen LogP contribution in [0.15, 0.2) is 27.4 Å². The second kappa shape index (κ2) is 9.06. The number of benzene rings is 1. The van der Waals surface area contributed by atoms with Crippen molar-refractivity contribution >= 4 is 22.8 Å². The van der Waals surface area contributed by atoms with Crippen molar-refractivity contribution in [3.63, 3.8) is 0 Å². The first-order valence-electron chi connectivity index (χ1n) is 12.4. The summed E-state index contributed by atoms with van der Waals surface area (Å²) < 4.78 is 11.2. The maximum atomic E-state index is 12.7. The summed E-state index contributed by atoms with van der Waals surface area (Å²) in [4.78, 5) is 39.2. The first-order chi connectivity index (χ1) is 16.3. The smallest absolute Gasteiger partial charge is 0.339 e. The standard InChI is InChI=1S/C26H32N2O6/c1-16(33-18-8-9-20-19-6-4-7-21(19)25(31)34-22(20)13-18)24(30)27-14-23(29)28-12-11-26(32)10-3-2-5-17(26)15-28/h8-9,13,16-17,32H,2-7,10-12,14-15H2,1H3,(H,27,30). The average Bonchev–Trinajstić information content (AvgIpc) is 3.32. The molecule has 0 radical (unpaired) electrons. The van der Waals surface area contributed by atoms with Crippen molar-refractivity contribution in [1.29, 1.82) is 0 Å². The molecule has 1 aliphatic heterocycles. The molecule has 3 atom stereocenters. The average molecular weight is 469 g/mol. The van der Waals surface area contributed by atoms with Gasteiger partial charge >= 0.3 is 5.63 Å². The van der Waals surface area contributed by atoms with E-state index in [-0.39, 0.29) is 24.0 Å². The highest BCUT2D eigenvalue weighted by Gasteiger charge is 2.43. The lowest BCUT2D eigenvalue weighted by atomic mass is 9.71. The van der Waals surface area contributed by atoms with Crippen LogP contribution in [0.4, 0.5) is 0 Å². The molecular weight excluding hydrogens is 436 g/mol. The fourth-order valence-electron chi connectivity index (χ4n) is 5.81. The molecule has 0 bridgehead atoms. The number of ether oxygens (including phenoxy) is 1. The molecule has 2 fully saturated rings. The Hall–Kier alpha value is -2.87. The maximum Gasteiger partial charge on any atom is 0.339 e. The first-order valence-corrected chi connectivity index (χ1v) is 12.4. The summed E-state index contributed by atoms with van der Waals surface area (Å²) in [7, 11) is 0. The van der Waals surface area contributed by atoms with Crippen LogP contribution in [0.2, 0.25) is 0 Å². The number of nitrogens with one attached hydrogen (secondary N) is 1. The van der Waals surface area contributed by atoms with E-state index in [0.29, 0.717) is 30.8 Å². The molecule has 1 saturated carbocycles. The summed E-state index contributed by atoms with van der Waals surface area (Å²) in [5, 5.41) is 14.4. The van der Waals surface area contributed by atoms with Crippen LogP contribution in [0.1, 0.15) is 56.6 Å². The quantitative estimate of drug-likeness (QED) is 0.652. The van der Waals surface area contributed by atoms with Crippen molar-refractivity contribution in [1.82, 2.24) is 10.2 Å². The van der Waals surface area contributed by atoms with E-state index < -0.39 is 17.6 Å². The van der Waals surface area contributed by atoms with Crippen molar-refractivity contribution in [2.45, 2.75) is 70.0 Å². The van der Waals surface area contributed by atoms with Crippen molar-refractivity contribution in [2.24, 2.45) is 5.92 Å². The van der Waals surface area contributed by atoms with E-state index >= 15 is 0 Å². The van der Waals surface area contributed by atoms with Gasteiger partial charge in [-0.2, -0.15) is 0 Å². The summed E-state index contributed by atoms with van der Waals surface area (Å²) in [6, 6.07) is 5.28. The van der Waals surface area contributed by atoms with E-state index in [2.05, 4.69) is 5.32 Å². The summed E-state index contributed by atoms with van der Waals surface area (Å²) in [5.41, 5.74) is 1.33. The Labute approximate surface area is 198 Å². The van der Waals surface area contributed by atoms with Gasteiger partial charge in [-0.15, -0.1) is 0 Å².